The van der Waals surface area contributed by atoms with Gasteiger partial charge >= 0.3 is 0 Å². The van der Waals surface area contributed by atoms with Gasteiger partial charge in [0.2, 0.25) is 0 Å². The summed E-state index contributed by atoms with van der Waals surface area (Å²) in [6, 6.07) is 7.28. The second-order valence-corrected chi connectivity index (χ2v) is 4.77. The van der Waals surface area contributed by atoms with E-state index < -0.39 is 0 Å². The molecule has 0 atom stereocenters. The molecule has 0 bridgehead atoms. The summed E-state index contributed by atoms with van der Waals surface area (Å²) in [5, 5.41) is 9.52. The Bertz CT molecular complexity index is 714. The molecule has 0 saturated heterocycles. The highest BCUT2D eigenvalue weighted by Crippen LogP contribution is 2.14. The molecule has 0 aliphatic carbocycles. The molecule has 0 unspecified atom stereocenters. The zero-order chi connectivity index (χ0) is 13.9. The van der Waals surface area contributed by atoms with E-state index >= 15 is 0 Å². The summed E-state index contributed by atoms with van der Waals surface area (Å²) >= 11 is 0. The van der Waals surface area contributed by atoms with Crippen molar-refractivity contribution in [3.8, 4) is 5.75 Å². The highest BCUT2D eigenvalue weighted by Gasteiger charge is 2.08. The summed E-state index contributed by atoms with van der Waals surface area (Å²) in [4.78, 5) is 8.72. The van der Waals surface area contributed by atoms with Crippen LogP contribution in [0.25, 0.3) is 0 Å². The first-order chi connectivity index (χ1) is 9.72. The third-order valence-electron chi connectivity index (χ3n) is 3.30. The molecule has 1 aromatic carbocycles. The van der Waals surface area contributed by atoms with Crippen LogP contribution in [-0.2, 0) is 20.0 Å². The van der Waals surface area contributed by atoms with E-state index in [9.17, 15) is 5.11 Å². The number of hydrogen-bond acceptors (Lipinski definition) is 3. The number of phenols is 1. The molecule has 0 amide bonds. The Kier molecular flexibility index (Phi) is 3.25. The first kappa shape index (κ1) is 12.5. The lowest BCUT2D eigenvalue weighted by atomic mass is 10.2. The van der Waals surface area contributed by atoms with Gasteiger partial charge in [0.1, 0.15) is 17.4 Å². The largest absolute Gasteiger partial charge is 0.508 e. The van der Waals surface area contributed by atoms with Gasteiger partial charge in [0.05, 0.1) is 6.42 Å². The number of rotatable bonds is 4. The molecule has 20 heavy (non-hydrogen) atoms. The fourth-order valence-electron chi connectivity index (χ4n) is 2.21. The quantitative estimate of drug-likeness (QED) is 0.787. The number of aromatic nitrogens is 4. The van der Waals surface area contributed by atoms with E-state index in [2.05, 4.69) is 14.5 Å². The van der Waals surface area contributed by atoms with E-state index in [0.717, 1.165) is 17.2 Å². The van der Waals surface area contributed by atoms with E-state index in [0.29, 0.717) is 13.0 Å². The minimum Gasteiger partial charge on any atom is -0.508 e. The van der Waals surface area contributed by atoms with Crippen LogP contribution in [0, 0.1) is 0 Å². The zero-order valence-electron chi connectivity index (χ0n) is 11.3. The zero-order valence-corrected chi connectivity index (χ0v) is 11.3. The minimum absolute atomic E-state index is 0.285. The fourth-order valence-corrected chi connectivity index (χ4v) is 2.21. The smallest absolute Gasteiger partial charge is 0.116 e. The molecule has 0 saturated carbocycles. The molecule has 5 heteroatoms. The highest BCUT2D eigenvalue weighted by atomic mass is 16.3. The van der Waals surface area contributed by atoms with Crippen molar-refractivity contribution in [2.75, 3.05) is 0 Å². The van der Waals surface area contributed by atoms with Gasteiger partial charge in [0.25, 0.3) is 0 Å². The molecule has 3 rings (SSSR count). The predicted octanol–water partition coefficient (Wildman–Crippen LogP) is 1.96. The van der Waals surface area contributed by atoms with Crippen molar-refractivity contribution in [1.29, 1.82) is 0 Å². The molecule has 3 aromatic rings. The van der Waals surface area contributed by atoms with Crippen LogP contribution >= 0.6 is 0 Å². The lowest BCUT2D eigenvalue weighted by Gasteiger charge is -2.08. The van der Waals surface area contributed by atoms with Crippen LogP contribution in [0.4, 0.5) is 0 Å². The van der Waals surface area contributed by atoms with Crippen molar-refractivity contribution in [3.05, 3.63) is 66.3 Å². The van der Waals surface area contributed by atoms with Crippen LogP contribution in [0.5, 0.6) is 5.75 Å². The molecule has 2 heterocycles. The molecule has 102 valence electrons. The van der Waals surface area contributed by atoms with Gasteiger partial charge in [-0.1, -0.05) is 12.1 Å². The van der Waals surface area contributed by atoms with Crippen LogP contribution in [0.15, 0.2) is 49.1 Å². The minimum atomic E-state index is 0.285. The van der Waals surface area contributed by atoms with Crippen LogP contribution in [0.2, 0.25) is 0 Å². The van der Waals surface area contributed by atoms with Crippen molar-refractivity contribution >= 4 is 0 Å². The third-order valence-corrected chi connectivity index (χ3v) is 3.30. The Balaban J connectivity index is 1.82. The van der Waals surface area contributed by atoms with Crippen LogP contribution in [-0.4, -0.2) is 24.2 Å². The SMILES string of the molecule is Cn1ccnc1Cc1nccn1Cc1cccc(O)c1. The Morgan fingerprint density at radius 1 is 1.10 bits per heavy atom. The van der Waals surface area contributed by atoms with Crippen molar-refractivity contribution in [3.63, 3.8) is 0 Å². The molecular weight excluding hydrogens is 252 g/mol. The normalized spacial score (nSPS) is 10.8. The lowest BCUT2D eigenvalue weighted by molar-refractivity contribution is 0.474. The van der Waals surface area contributed by atoms with Gasteiger partial charge in [0, 0.05) is 38.4 Å². The average molecular weight is 268 g/mol. The van der Waals surface area contributed by atoms with Crippen molar-refractivity contribution in [2.24, 2.45) is 7.05 Å². The van der Waals surface area contributed by atoms with Crippen LogP contribution in [0.1, 0.15) is 17.2 Å². The monoisotopic (exact) mass is 268 g/mol. The molecule has 0 spiro atoms. The van der Waals surface area contributed by atoms with E-state index in [4.69, 9.17) is 0 Å². The van der Waals surface area contributed by atoms with Crippen molar-refractivity contribution < 1.29 is 5.11 Å². The number of aryl methyl sites for hydroxylation is 1. The van der Waals surface area contributed by atoms with Crippen LogP contribution < -0.4 is 0 Å². The fraction of sp³-hybridized carbons (Fsp3) is 0.200. The van der Waals surface area contributed by atoms with Gasteiger partial charge in [-0.3, -0.25) is 0 Å². The molecule has 2 aromatic heterocycles. The van der Waals surface area contributed by atoms with Gasteiger partial charge in [-0.15, -0.1) is 0 Å². The average Bonchev–Trinajstić information content (AvgIpc) is 3.01. The van der Waals surface area contributed by atoms with Gasteiger partial charge in [0.15, 0.2) is 0 Å². The second-order valence-electron chi connectivity index (χ2n) is 4.77. The Hall–Kier alpha value is -2.56. The third kappa shape index (κ3) is 2.56. The molecule has 0 fully saturated rings. The number of benzene rings is 1. The Morgan fingerprint density at radius 3 is 2.65 bits per heavy atom. The van der Waals surface area contributed by atoms with E-state index in [-0.39, 0.29) is 5.75 Å². The van der Waals surface area contributed by atoms with E-state index in [1.54, 1.807) is 24.5 Å². The molecule has 0 aliphatic heterocycles. The van der Waals surface area contributed by atoms with Gasteiger partial charge in [-0.05, 0) is 17.7 Å². The second kappa shape index (κ2) is 5.21. The summed E-state index contributed by atoms with van der Waals surface area (Å²) in [5.41, 5.74) is 1.05. The van der Waals surface area contributed by atoms with E-state index in [1.807, 2.05) is 36.1 Å². The molecule has 0 radical (unpaired) electrons. The first-order valence-corrected chi connectivity index (χ1v) is 6.46. The van der Waals surface area contributed by atoms with Gasteiger partial charge < -0.3 is 14.2 Å². The molecular formula is C15H16N4O. The molecule has 5 nitrogen and oxygen atoms in total. The van der Waals surface area contributed by atoms with Gasteiger partial charge in [-0.2, -0.15) is 0 Å². The number of imidazole rings is 2. The lowest BCUT2D eigenvalue weighted by Crippen LogP contribution is -2.07. The van der Waals surface area contributed by atoms with Crippen LogP contribution in [0.3, 0.4) is 0 Å². The number of phenolic OH excluding ortho intramolecular Hbond substituents is 1. The topological polar surface area (TPSA) is 55.9 Å². The Labute approximate surface area is 117 Å². The summed E-state index contributed by atoms with van der Waals surface area (Å²) in [7, 11) is 1.98. The standard InChI is InChI=1S/C15H16N4O/c1-18-7-5-16-14(18)10-15-17-6-8-19(15)11-12-3-2-4-13(20)9-12/h2-9,20H,10-11H2,1H3. The molecule has 0 aliphatic rings. The van der Waals surface area contributed by atoms with Crippen molar-refractivity contribution in [1.82, 2.24) is 19.1 Å². The summed E-state index contributed by atoms with van der Waals surface area (Å²) < 4.78 is 4.07. The maximum atomic E-state index is 9.52. The number of hydrogen-bond donors (Lipinski definition) is 1. The summed E-state index contributed by atoms with van der Waals surface area (Å²) in [6.45, 7) is 0.689. The maximum absolute atomic E-state index is 9.52. The molecule has 1 N–H and O–H groups in total. The number of nitrogens with zero attached hydrogens (tertiary/aromatic N) is 4. The number of aromatic hydroxyl groups is 1. The van der Waals surface area contributed by atoms with Crippen molar-refractivity contribution in [2.45, 2.75) is 13.0 Å². The predicted molar refractivity (Wildman–Crippen MR) is 75.4 cm³/mol. The highest BCUT2D eigenvalue weighted by molar-refractivity contribution is 5.27. The van der Waals surface area contributed by atoms with Gasteiger partial charge in [-0.25, -0.2) is 9.97 Å². The summed E-state index contributed by atoms with van der Waals surface area (Å²) in [5.74, 6) is 2.23. The van der Waals surface area contributed by atoms with E-state index in [1.165, 1.54) is 0 Å². The first-order valence-electron chi connectivity index (χ1n) is 6.46. The summed E-state index contributed by atoms with van der Waals surface area (Å²) in [6.07, 6.45) is 8.15. The maximum Gasteiger partial charge on any atom is 0.116 e. The Morgan fingerprint density at radius 2 is 1.90 bits per heavy atom.